The van der Waals surface area contributed by atoms with E-state index in [0.29, 0.717) is 24.0 Å². The van der Waals surface area contributed by atoms with Crippen molar-refractivity contribution in [1.29, 1.82) is 0 Å². The molecule has 1 aromatic carbocycles. The van der Waals surface area contributed by atoms with E-state index in [-0.39, 0.29) is 18.2 Å². The number of hydrogen-bond donors (Lipinski definition) is 2. The standard InChI is InChI=1S/C17H17NO4/c19-16(18-10-13-6-7-15(22-13)17(20)21)9-12-8-14(12)11-4-2-1-3-5-11/h1-7,12,14H,8-10H2,(H,18,19)(H,20,21)/t12-,14-/m0/s1. The number of furan rings is 1. The lowest BCUT2D eigenvalue weighted by Gasteiger charge is -2.03. The van der Waals surface area contributed by atoms with Gasteiger partial charge in [0, 0.05) is 6.42 Å². The van der Waals surface area contributed by atoms with Gasteiger partial charge in [-0.3, -0.25) is 4.79 Å². The predicted octanol–water partition coefficient (Wildman–Crippen LogP) is 2.79. The maximum atomic E-state index is 11.9. The maximum absolute atomic E-state index is 11.9. The second kappa shape index (κ2) is 6.05. The van der Waals surface area contributed by atoms with E-state index in [4.69, 9.17) is 9.52 Å². The Kier molecular flexibility index (Phi) is 3.96. The molecule has 1 fully saturated rings. The molecule has 1 aliphatic carbocycles. The molecule has 1 heterocycles. The van der Waals surface area contributed by atoms with Crippen LogP contribution in [0.3, 0.4) is 0 Å². The van der Waals surface area contributed by atoms with Crippen LogP contribution in [-0.4, -0.2) is 17.0 Å². The van der Waals surface area contributed by atoms with Crippen LogP contribution in [0, 0.1) is 5.92 Å². The van der Waals surface area contributed by atoms with E-state index in [9.17, 15) is 9.59 Å². The number of carboxylic acid groups (broad SMARTS) is 1. The summed E-state index contributed by atoms with van der Waals surface area (Å²) in [5.41, 5.74) is 1.29. The molecule has 1 aliphatic rings. The minimum absolute atomic E-state index is 0.0308. The van der Waals surface area contributed by atoms with Gasteiger partial charge in [0.25, 0.3) is 0 Å². The zero-order chi connectivity index (χ0) is 15.5. The third kappa shape index (κ3) is 3.36. The van der Waals surface area contributed by atoms with Crippen LogP contribution in [-0.2, 0) is 11.3 Å². The van der Waals surface area contributed by atoms with Crippen LogP contribution in [0.5, 0.6) is 0 Å². The molecule has 0 aliphatic heterocycles. The van der Waals surface area contributed by atoms with Crippen molar-refractivity contribution in [1.82, 2.24) is 5.32 Å². The maximum Gasteiger partial charge on any atom is 0.371 e. The van der Waals surface area contributed by atoms with Crippen molar-refractivity contribution in [3.63, 3.8) is 0 Å². The highest BCUT2D eigenvalue weighted by atomic mass is 16.4. The Hall–Kier alpha value is -2.56. The van der Waals surface area contributed by atoms with E-state index >= 15 is 0 Å². The van der Waals surface area contributed by atoms with Gasteiger partial charge in [0.15, 0.2) is 0 Å². The summed E-state index contributed by atoms with van der Waals surface area (Å²) in [6.45, 7) is 0.217. The van der Waals surface area contributed by atoms with Crippen LogP contribution in [0.15, 0.2) is 46.9 Å². The fourth-order valence-electron chi connectivity index (χ4n) is 2.67. The summed E-state index contributed by atoms with van der Waals surface area (Å²) >= 11 is 0. The summed E-state index contributed by atoms with van der Waals surface area (Å²) in [6.07, 6.45) is 1.54. The van der Waals surface area contributed by atoms with Crippen molar-refractivity contribution < 1.29 is 19.1 Å². The van der Waals surface area contributed by atoms with Crippen LogP contribution in [0.25, 0.3) is 0 Å². The Bertz CT molecular complexity index is 677. The topological polar surface area (TPSA) is 79.5 Å². The monoisotopic (exact) mass is 299 g/mol. The van der Waals surface area contributed by atoms with Gasteiger partial charge in [-0.15, -0.1) is 0 Å². The van der Waals surface area contributed by atoms with E-state index < -0.39 is 5.97 Å². The Morgan fingerprint density at radius 1 is 1.18 bits per heavy atom. The molecule has 0 spiro atoms. The first kappa shape index (κ1) is 14.4. The lowest BCUT2D eigenvalue weighted by Crippen LogP contribution is -2.22. The van der Waals surface area contributed by atoms with Crippen molar-refractivity contribution in [3.05, 3.63) is 59.5 Å². The Balaban J connectivity index is 1.45. The Morgan fingerprint density at radius 3 is 2.64 bits per heavy atom. The molecule has 2 atom stereocenters. The Labute approximate surface area is 127 Å². The van der Waals surface area contributed by atoms with Gasteiger partial charge in [-0.1, -0.05) is 30.3 Å². The molecule has 1 aromatic heterocycles. The quantitative estimate of drug-likeness (QED) is 0.859. The summed E-state index contributed by atoms with van der Waals surface area (Å²) in [5.74, 6) is 0.0671. The lowest BCUT2D eigenvalue weighted by atomic mass is 10.1. The molecule has 114 valence electrons. The summed E-state index contributed by atoms with van der Waals surface area (Å²) in [6, 6.07) is 13.2. The van der Waals surface area contributed by atoms with Gasteiger partial charge in [0.2, 0.25) is 11.7 Å². The second-order valence-corrected chi connectivity index (χ2v) is 5.56. The van der Waals surface area contributed by atoms with Crippen molar-refractivity contribution >= 4 is 11.9 Å². The fourth-order valence-corrected chi connectivity index (χ4v) is 2.67. The van der Waals surface area contributed by atoms with E-state index in [0.717, 1.165) is 6.42 Å². The molecule has 2 aromatic rings. The summed E-state index contributed by atoms with van der Waals surface area (Å²) in [4.78, 5) is 22.6. The van der Waals surface area contributed by atoms with Gasteiger partial charge in [0.1, 0.15) is 5.76 Å². The smallest absolute Gasteiger partial charge is 0.371 e. The number of hydrogen-bond acceptors (Lipinski definition) is 3. The SMILES string of the molecule is O=C(C[C@@H]1C[C@H]1c1ccccc1)NCc1ccc(C(=O)O)o1. The molecular formula is C17H17NO4. The summed E-state index contributed by atoms with van der Waals surface area (Å²) in [7, 11) is 0. The number of carboxylic acids is 1. The second-order valence-electron chi connectivity index (χ2n) is 5.56. The van der Waals surface area contributed by atoms with Gasteiger partial charge in [-0.05, 0) is 36.0 Å². The molecule has 0 unspecified atom stereocenters. The molecule has 3 rings (SSSR count). The van der Waals surface area contributed by atoms with Gasteiger partial charge < -0.3 is 14.8 Å². The van der Waals surface area contributed by atoms with E-state index in [2.05, 4.69) is 17.4 Å². The highest BCUT2D eigenvalue weighted by Crippen LogP contribution is 2.49. The fraction of sp³-hybridized carbons (Fsp3) is 0.294. The predicted molar refractivity (Wildman–Crippen MR) is 79.4 cm³/mol. The minimum atomic E-state index is -1.11. The average Bonchev–Trinajstić information content (AvgIpc) is 3.10. The number of carbonyl (C=O) groups excluding carboxylic acids is 1. The highest BCUT2D eigenvalue weighted by molar-refractivity contribution is 5.84. The number of nitrogens with one attached hydrogen (secondary N) is 1. The van der Waals surface area contributed by atoms with Crippen LogP contribution in [0.1, 0.15) is 40.6 Å². The van der Waals surface area contributed by atoms with Crippen molar-refractivity contribution in [2.75, 3.05) is 0 Å². The van der Waals surface area contributed by atoms with Crippen molar-refractivity contribution in [3.8, 4) is 0 Å². The lowest BCUT2D eigenvalue weighted by molar-refractivity contribution is -0.121. The van der Waals surface area contributed by atoms with Crippen molar-refractivity contribution in [2.45, 2.75) is 25.3 Å². The molecule has 1 saturated carbocycles. The Morgan fingerprint density at radius 2 is 1.95 bits per heavy atom. The van der Waals surface area contributed by atoms with Gasteiger partial charge in [-0.2, -0.15) is 0 Å². The van der Waals surface area contributed by atoms with Crippen LogP contribution < -0.4 is 5.32 Å². The zero-order valence-electron chi connectivity index (χ0n) is 12.0. The molecule has 0 saturated heterocycles. The number of aromatic carboxylic acids is 1. The van der Waals surface area contributed by atoms with E-state index in [1.807, 2.05) is 18.2 Å². The van der Waals surface area contributed by atoms with E-state index in [1.165, 1.54) is 11.6 Å². The first-order valence-electron chi connectivity index (χ1n) is 7.27. The molecule has 1 amide bonds. The van der Waals surface area contributed by atoms with Gasteiger partial charge >= 0.3 is 5.97 Å². The molecule has 0 radical (unpaired) electrons. The van der Waals surface area contributed by atoms with E-state index in [1.54, 1.807) is 6.07 Å². The molecule has 5 nitrogen and oxygen atoms in total. The van der Waals surface area contributed by atoms with Gasteiger partial charge in [-0.25, -0.2) is 4.79 Å². The molecule has 22 heavy (non-hydrogen) atoms. The first-order valence-corrected chi connectivity index (χ1v) is 7.27. The minimum Gasteiger partial charge on any atom is -0.475 e. The summed E-state index contributed by atoms with van der Waals surface area (Å²) < 4.78 is 5.09. The van der Waals surface area contributed by atoms with Crippen LogP contribution in [0.4, 0.5) is 0 Å². The number of amides is 1. The van der Waals surface area contributed by atoms with Crippen molar-refractivity contribution in [2.24, 2.45) is 5.92 Å². The van der Waals surface area contributed by atoms with Gasteiger partial charge in [0.05, 0.1) is 6.54 Å². The number of carbonyl (C=O) groups is 2. The molecule has 5 heteroatoms. The molecule has 2 N–H and O–H groups in total. The largest absolute Gasteiger partial charge is 0.475 e. The summed E-state index contributed by atoms with van der Waals surface area (Å²) in [5, 5.41) is 11.5. The molecular weight excluding hydrogens is 282 g/mol. The average molecular weight is 299 g/mol. The number of benzene rings is 1. The third-order valence-corrected chi connectivity index (χ3v) is 3.93. The van der Waals surface area contributed by atoms with Crippen LogP contribution >= 0.6 is 0 Å². The highest BCUT2D eigenvalue weighted by Gasteiger charge is 2.39. The normalized spacial score (nSPS) is 19.6. The third-order valence-electron chi connectivity index (χ3n) is 3.93. The zero-order valence-corrected chi connectivity index (χ0v) is 12.0. The first-order chi connectivity index (χ1) is 10.6. The number of rotatable bonds is 6. The molecule has 0 bridgehead atoms. The van der Waals surface area contributed by atoms with Crippen LogP contribution in [0.2, 0.25) is 0 Å².